The fraction of sp³-hybridized carbons (Fsp3) is 0.182. The molecule has 1 heterocycles. The van der Waals surface area contributed by atoms with Crippen molar-refractivity contribution in [3.63, 3.8) is 0 Å². The molecule has 0 aliphatic heterocycles. The van der Waals surface area contributed by atoms with Crippen LogP contribution < -0.4 is 15.4 Å². The van der Waals surface area contributed by atoms with Gasteiger partial charge < -0.3 is 15.4 Å². The highest BCUT2D eigenvalue weighted by Crippen LogP contribution is 2.15. The fourth-order valence-electron chi connectivity index (χ4n) is 2.76. The Kier molecular flexibility index (Phi) is 6.05. The molecule has 0 bridgehead atoms. The topological polar surface area (TPSA) is 63.2 Å². The molecule has 0 atom stereocenters. The minimum absolute atomic E-state index is 0.225. The van der Waals surface area contributed by atoms with Crippen LogP contribution in [0.1, 0.15) is 21.6 Å². The zero-order chi connectivity index (χ0) is 19.1. The van der Waals surface area contributed by atoms with Gasteiger partial charge >= 0.3 is 0 Å². The van der Waals surface area contributed by atoms with Crippen LogP contribution in [0.5, 0.6) is 5.75 Å². The third-order valence-corrected chi connectivity index (χ3v) is 4.15. The van der Waals surface area contributed by atoms with E-state index in [0.29, 0.717) is 5.69 Å². The highest BCUT2D eigenvalue weighted by molar-refractivity contribution is 6.03. The van der Waals surface area contributed by atoms with Crippen LogP contribution in [-0.2, 0) is 6.42 Å². The van der Waals surface area contributed by atoms with E-state index >= 15 is 0 Å². The molecule has 0 unspecified atom stereocenters. The first kappa shape index (κ1) is 18.5. The van der Waals surface area contributed by atoms with Gasteiger partial charge in [-0.1, -0.05) is 24.3 Å². The van der Waals surface area contributed by atoms with Crippen molar-refractivity contribution in [3.8, 4) is 5.75 Å². The molecule has 0 aliphatic carbocycles. The Hall–Kier alpha value is -3.34. The van der Waals surface area contributed by atoms with Crippen LogP contribution in [0.3, 0.4) is 0 Å². The Balaban J connectivity index is 1.58. The van der Waals surface area contributed by atoms with Crippen molar-refractivity contribution in [1.29, 1.82) is 0 Å². The highest BCUT2D eigenvalue weighted by Gasteiger charge is 2.08. The molecule has 3 rings (SSSR count). The third-order valence-electron chi connectivity index (χ3n) is 4.15. The van der Waals surface area contributed by atoms with E-state index in [1.54, 1.807) is 19.4 Å². The average molecular weight is 361 g/mol. The minimum Gasteiger partial charge on any atom is -0.497 e. The zero-order valence-electron chi connectivity index (χ0n) is 15.5. The van der Waals surface area contributed by atoms with E-state index in [1.807, 2.05) is 55.5 Å². The summed E-state index contributed by atoms with van der Waals surface area (Å²) < 4.78 is 5.24. The van der Waals surface area contributed by atoms with Crippen molar-refractivity contribution in [2.24, 2.45) is 0 Å². The number of hydrogen-bond acceptors (Lipinski definition) is 4. The molecule has 27 heavy (non-hydrogen) atoms. The molecule has 0 fully saturated rings. The number of nitrogens with zero attached hydrogens (tertiary/aromatic N) is 1. The SMILES string of the molecule is COc1cccc(CCNc2ccnc(C(=O)Nc3cccc(C)c3)c2)c1. The molecule has 5 heteroatoms. The van der Waals surface area contributed by atoms with Crippen LogP contribution in [0.4, 0.5) is 11.4 Å². The molecule has 1 amide bonds. The van der Waals surface area contributed by atoms with E-state index in [-0.39, 0.29) is 5.91 Å². The lowest BCUT2D eigenvalue weighted by Crippen LogP contribution is -2.14. The molecule has 0 saturated carbocycles. The Bertz CT molecular complexity index is 925. The van der Waals surface area contributed by atoms with Crippen LogP contribution >= 0.6 is 0 Å². The molecule has 0 radical (unpaired) electrons. The number of rotatable bonds is 7. The quantitative estimate of drug-likeness (QED) is 0.658. The summed E-state index contributed by atoms with van der Waals surface area (Å²) in [5.41, 5.74) is 4.28. The summed E-state index contributed by atoms with van der Waals surface area (Å²) in [7, 11) is 1.66. The maximum Gasteiger partial charge on any atom is 0.274 e. The first-order valence-electron chi connectivity index (χ1n) is 8.85. The molecule has 0 spiro atoms. The summed E-state index contributed by atoms with van der Waals surface area (Å²) in [6.07, 6.45) is 2.49. The molecule has 2 N–H and O–H groups in total. The van der Waals surface area contributed by atoms with Gasteiger partial charge in [0.2, 0.25) is 0 Å². The first-order chi connectivity index (χ1) is 13.1. The third kappa shape index (κ3) is 5.31. The van der Waals surface area contributed by atoms with Crippen LogP contribution in [-0.4, -0.2) is 24.5 Å². The standard InChI is InChI=1S/C22H23N3O2/c1-16-5-3-7-19(13-16)25-22(26)21-15-18(10-12-24-21)23-11-9-17-6-4-8-20(14-17)27-2/h3-8,10,12-15H,9,11H2,1-2H3,(H,23,24)(H,25,26). The Morgan fingerprint density at radius 3 is 2.70 bits per heavy atom. The van der Waals surface area contributed by atoms with Gasteiger partial charge in [0.15, 0.2) is 0 Å². The Morgan fingerprint density at radius 2 is 1.89 bits per heavy atom. The molecule has 1 aromatic heterocycles. The second-order valence-electron chi connectivity index (χ2n) is 6.28. The lowest BCUT2D eigenvalue weighted by Gasteiger charge is -2.09. The Labute approximate surface area is 159 Å². The van der Waals surface area contributed by atoms with Gasteiger partial charge in [0.05, 0.1) is 7.11 Å². The molecule has 0 saturated heterocycles. The Morgan fingerprint density at radius 1 is 1.04 bits per heavy atom. The second-order valence-corrected chi connectivity index (χ2v) is 6.28. The summed E-state index contributed by atoms with van der Waals surface area (Å²) in [5, 5.41) is 6.22. The van der Waals surface area contributed by atoms with Crippen LogP contribution in [0.2, 0.25) is 0 Å². The molecule has 5 nitrogen and oxygen atoms in total. The molecular formula is C22H23N3O2. The number of anilines is 2. The van der Waals surface area contributed by atoms with Crippen molar-refractivity contribution in [2.45, 2.75) is 13.3 Å². The fourth-order valence-corrected chi connectivity index (χ4v) is 2.76. The summed E-state index contributed by atoms with van der Waals surface area (Å²) in [6, 6.07) is 19.3. The molecule has 3 aromatic rings. The average Bonchev–Trinajstić information content (AvgIpc) is 2.68. The van der Waals surface area contributed by atoms with Crippen molar-refractivity contribution in [2.75, 3.05) is 24.3 Å². The molecular weight excluding hydrogens is 338 g/mol. The number of carbonyl (C=O) groups excluding carboxylic acids is 1. The van der Waals surface area contributed by atoms with Gasteiger partial charge in [-0.15, -0.1) is 0 Å². The summed E-state index contributed by atoms with van der Waals surface area (Å²) >= 11 is 0. The number of pyridine rings is 1. The van der Waals surface area contributed by atoms with Gasteiger partial charge in [-0.3, -0.25) is 9.78 Å². The smallest absolute Gasteiger partial charge is 0.274 e. The van der Waals surface area contributed by atoms with Gasteiger partial charge in [-0.05, 0) is 60.9 Å². The van der Waals surface area contributed by atoms with Gasteiger partial charge in [-0.25, -0.2) is 0 Å². The summed E-state index contributed by atoms with van der Waals surface area (Å²) in [5.74, 6) is 0.628. The lowest BCUT2D eigenvalue weighted by molar-refractivity contribution is 0.102. The number of methoxy groups -OCH3 is 1. The van der Waals surface area contributed by atoms with Gasteiger partial charge in [0.1, 0.15) is 11.4 Å². The number of ether oxygens (including phenoxy) is 1. The number of hydrogen-bond donors (Lipinski definition) is 2. The highest BCUT2D eigenvalue weighted by atomic mass is 16.5. The van der Waals surface area contributed by atoms with E-state index < -0.39 is 0 Å². The summed E-state index contributed by atoms with van der Waals surface area (Å²) in [4.78, 5) is 16.6. The molecule has 0 aliphatic rings. The number of carbonyl (C=O) groups is 1. The molecule has 2 aromatic carbocycles. The van der Waals surface area contributed by atoms with Gasteiger partial charge in [0.25, 0.3) is 5.91 Å². The predicted octanol–water partition coefficient (Wildman–Crippen LogP) is 4.31. The number of amides is 1. The van der Waals surface area contributed by atoms with Crippen molar-refractivity contribution in [3.05, 3.63) is 83.7 Å². The lowest BCUT2D eigenvalue weighted by atomic mass is 10.1. The number of aryl methyl sites for hydroxylation is 1. The van der Waals surface area contributed by atoms with E-state index in [0.717, 1.165) is 35.7 Å². The van der Waals surface area contributed by atoms with Crippen LogP contribution in [0.15, 0.2) is 66.9 Å². The van der Waals surface area contributed by atoms with E-state index in [2.05, 4.69) is 21.7 Å². The van der Waals surface area contributed by atoms with Crippen molar-refractivity contribution < 1.29 is 9.53 Å². The van der Waals surface area contributed by atoms with Crippen molar-refractivity contribution in [1.82, 2.24) is 4.98 Å². The molecule has 138 valence electrons. The zero-order valence-corrected chi connectivity index (χ0v) is 15.5. The van der Waals surface area contributed by atoms with Crippen molar-refractivity contribution >= 4 is 17.3 Å². The van der Waals surface area contributed by atoms with Gasteiger partial charge in [-0.2, -0.15) is 0 Å². The maximum atomic E-state index is 12.4. The summed E-state index contributed by atoms with van der Waals surface area (Å²) in [6.45, 7) is 2.73. The number of benzene rings is 2. The van der Waals surface area contributed by atoms with E-state index in [1.165, 1.54) is 5.56 Å². The largest absolute Gasteiger partial charge is 0.497 e. The van der Waals surface area contributed by atoms with Gasteiger partial charge in [0, 0.05) is 24.1 Å². The maximum absolute atomic E-state index is 12.4. The van der Waals surface area contributed by atoms with Crippen LogP contribution in [0.25, 0.3) is 0 Å². The predicted molar refractivity (Wildman–Crippen MR) is 109 cm³/mol. The van der Waals surface area contributed by atoms with E-state index in [4.69, 9.17) is 4.74 Å². The second kappa shape index (κ2) is 8.85. The van der Waals surface area contributed by atoms with Crippen LogP contribution in [0, 0.1) is 6.92 Å². The normalized spacial score (nSPS) is 10.3. The monoisotopic (exact) mass is 361 g/mol. The van der Waals surface area contributed by atoms with E-state index in [9.17, 15) is 4.79 Å². The minimum atomic E-state index is -0.225. The number of nitrogens with one attached hydrogen (secondary N) is 2. The number of aromatic nitrogens is 1. The first-order valence-corrected chi connectivity index (χ1v) is 8.85.